The Morgan fingerprint density at radius 1 is 0.615 bits per heavy atom. The number of carbonyl (C=O) groups excluding carboxylic acids is 1. The highest BCUT2D eigenvalue weighted by atomic mass is 16.5. The van der Waals surface area contributed by atoms with Crippen molar-refractivity contribution >= 4 is 5.97 Å². The van der Waals surface area contributed by atoms with Gasteiger partial charge in [-0.05, 0) is 44.9 Å². The fraction of sp³-hybridized carbons (Fsp3) is 0.458. The van der Waals surface area contributed by atoms with E-state index < -0.39 is 0 Å². The van der Waals surface area contributed by atoms with Gasteiger partial charge in [0.2, 0.25) is 0 Å². The van der Waals surface area contributed by atoms with Crippen LogP contribution in [0.3, 0.4) is 0 Å². The Morgan fingerprint density at radius 3 is 1.38 bits per heavy atom. The number of hydrogen-bond acceptors (Lipinski definition) is 2. The van der Waals surface area contributed by atoms with Gasteiger partial charge in [0.25, 0.3) is 0 Å². The van der Waals surface area contributed by atoms with Crippen LogP contribution >= 0.6 is 0 Å². The number of allylic oxidation sites excluding steroid dienone is 11. The summed E-state index contributed by atoms with van der Waals surface area (Å²) in [6.45, 7) is 4.66. The summed E-state index contributed by atoms with van der Waals surface area (Å²) in [5, 5.41) is 0. The molecule has 0 radical (unpaired) electrons. The number of esters is 1. The van der Waals surface area contributed by atoms with Crippen molar-refractivity contribution in [3.63, 3.8) is 0 Å². The highest BCUT2D eigenvalue weighted by molar-refractivity contribution is 5.71. The molecule has 0 aliphatic rings. The van der Waals surface area contributed by atoms with Crippen molar-refractivity contribution in [2.45, 2.75) is 65.2 Å². The third-order valence-electron chi connectivity index (χ3n) is 3.35. The lowest BCUT2D eigenvalue weighted by molar-refractivity contribution is -0.142. The van der Waals surface area contributed by atoms with Crippen molar-refractivity contribution in [3.8, 4) is 0 Å². The Morgan fingerprint density at radius 2 is 1.00 bits per heavy atom. The van der Waals surface area contributed by atoms with Gasteiger partial charge in [0.15, 0.2) is 0 Å². The van der Waals surface area contributed by atoms with Crippen LogP contribution in [-0.2, 0) is 9.53 Å². The molecule has 144 valence electrons. The van der Waals surface area contributed by atoms with Gasteiger partial charge in [-0.15, -0.1) is 0 Å². The molecule has 0 aromatic rings. The molecule has 0 saturated carbocycles. The van der Waals surface area contributed by atoms with Crippen molar-refractivity contribution in [1.29, 1.82) is 0 Å². The average molecular weight is 357 g/mol. The van der Waals surface area contributed by atoms with Gasteiger partial charge >= 0.3 is 5.97 Å². The second-order valence-electron chi connectivity index (χ2n) is 5.84. The molecule has 0 unspecified atom stereocenters. The topological polar surface area (TPSA) is 26.3 Å². The van der Waals surface area contributed by atoms with Gasteiger partial charge in [0.1, 0.15) is 0 Å². The predicted octanol–water partition coefficient (Wildman–Crippen LogP) is 7.03. The fourth-order valence-electron chi connectivity index (χ4n) is 1.98. The second-order valence-corrected chi connectivity index (χ2v) is 5.84. The van der Waals surface area contributed by atoms with Crippen molar-refractivity contribution in [2.75, 3.05) is 6.61 Å². The van der Waals surface area contributed by atoms with Gasteiger partial charge < -0.3 is 4.74 Å². The van der Waals surface area contributed by atoms with E-state index in [4.69, 9.17) is 4.74 Å². The lowest BCUT2D eigenvalue weighted by Gasteiger charge is -1.98. The van der Waals surface area contributed by atoms with Crippen LogP contribution in [0, 0.1) is 0 Å². The third kappa shape index (κ3) is 20.0. The van der Waals surface area contributed by atoms with Gasteiger partial charge in [0.05, 0.1) is 13.0 Å². The SMILES string of the molecule is CC/C=C\C/C=C\C/C=C\C/C=C\C/C=C\C/C=C\CC(=O)OCCC. The molecule has 0 aliphatic heterocycles. The van der Waals surface area contributed by atoms with Crippen molar-refractivity contribution in [2.24, 2.45) is 0 Å². The molecule has 0 amide bonds. The van der Waals surface area contributed by atoms with Crippen LogP contribution in [0.5, 0.6) is 0 Å². The second kappa shape index (κ2) is 21.0. The summed E-state index contributed by atoms with van der Waals surface area (Å²) < 4.78 is 5.00. The maximum atomic E-state index is 11.3. The molecule has 0 aliphatic carbocycles. The summed E-state index contributed by atoms with van der Waals surface area (Å²) in [6, 6.07) is 0. The number of ether oxygens (including phenoxy) is 1. The monoisotopic (exact) mass is 356 g/mol. The molecule has 0 heterocycles. The van der Waals surface area contributed by atoms with E-state index in [-0.39, 0.29) is 5.97 Å². The Hall–Kier alpha value is -2.09. The van der Waals surface area contributed by atoms with Gasteiger partial charge in [-0.1, -0.05) is 86.8 Å². The zero-order valence-electron chi connectivity index (χ0n) is 16.6. The van der Waals surface area contributed by atoms with Crippen LogP contribution in [-0.4, -0.2) is 12.6 Å². The van der Waals surface area contributed by atoms with Crippen LogP contribution in [0.4, 0.5) is 0 Å². The van der Waals surface area contributed by atoms with Crippen LogP contribution in [0.2, 0.25) is 0 Å². The molecule has 26 heavy (non-hydrogen) atoms. The summed E-state index contributed by atoms with van der Waals surface area (Å²) in [4.78, 5) is 11.3. The van der Waals surface area contributed by atoms with E-state index >= 15 is 0 Å². The molecule has 0 bridgehead atoms. The summed E-state index contributed by atoms with van der Waals surface area (Å²) in [7, 11) is 0. The molecule has 0 rings (SSSR count). The van der Waals surface area contributed by atoms with Crippen molar-refractivity contribution < 1.29 is 9.53 Å². The first kappa shape index (κ1) is 23.9. The predicted molar refractivity (Wildman–Crippen MR) is 114 cm³/mol. The highest BCUT2D eigenvalue weighted by Gasteiger charge is 1.96. The standard InChI is InChI=1S/C24H36O2/c1-3-5-6-7-8-9-10-11-12-13-14-15-16-17-18-19-20-21-22-24(25)26-23-4-2/h5-6,8-9,11-12,14-15,17-18,20-21H,3-4,7,10,13,16,19,22-23H2,1-2H3/b6-5-,9-8-,12-11-,15-14-,18-17-,21-20-. The average Bonchev–Trinajstić information content (AvgIpc) is 2.65. The first-order valence-corrected chi connectivity index (χ1v) is 9.86. The normalized spacial score (nSPS) is 12.8. The zero-order chi connectivity index (χ0) is 19.1. The molecule has 0 spiro atoms. The van der Waals surface area contributed by atoms with Crippen molar-refractivity contribution in [3.05, 3.63) is 72.9 Å². The Bertz CT molecular complexity index is 490. The number of rotatable bonds is 15. The van der Waals surface area contributed by atoms with Gasteiger partial charge in [-0.25, -0.2) is 0 Å². The molecule has 0 aromatic carbocycles. The maximum Gasteiger partial charge on any atom is 0.309 e. The van der Waals surface area contributed by atoms with Crippen LogP contribution in [0.25, 0.3) is 0 Å². The molecule has 0 N–H and O–H groups in total. The molecule has 0 atom stereocenters. The maximum absolute atomic E-state index is 11.3. The van der Waals surface area contributed by atoms with Gasteiger partial charge in [-0.3, -0.25) is 4.79 Å². The van der Waals surface area contributed by atoms with Crippen LogP contribution in [0.1, 0.15) is 65.2 Å². The summed E-state index contributed by atoms with van der Waals surface area (Å²) in [6.07, 6.45) is 32.9. The minimum Gasteiger partial charge on any atom is -0.465 e. The number of hydrogen-bond donors (Lipinski definition) is 0. The zero-order valence-corrected chi connectivity index (χ0v) is 16.6. The summed E-state index contributed by atoms with van der Waals surface area (Å²) in [5.74, 6) is -0.146. The van der Waals surface area contributed by atoms with E-state index in [0.29, 0.717) is 13.0 Å². The van der Waals surface area contributed by atoms with E-state index in [1.165, 1.54) is 0 Å². The lowest BCUT2D eigenvalue weighted by atomic mass is 10.2. The molecule has 0 saturated heterocycles. The van der Waals surface area contributed by atoms with Crippen LogP contribution in [0.15, 0.2) is 72.9 Å². The van der Waals surface area contributed by atoms with Crippen molar-refractivity contribution in [1.82, 2.24) is 0 Å². The summed E-state index contributed by atoms with van der Waals surface area (Å²) in [5.41, 5.74) is 0. The van der Waals surface area contributed by atoms with Gasteiger partial charge in [0, 0.05) is 0 Å². The first-order valence-electron chi connectivity index (χ1n) is 9.86. The fourth-order valence-corrected chi connectivity index (χ4v) is 1.98. The highest BCUT2D eigenvalue weighted by Crippen LogP contribution is 1.97. The van der Waals surface area contributed by atoms with Crippen LogP contribution < -0.4 is 0 Å². The van der Waals surface area contributed by atoms with E-state index in [2.05, 4.69) is 67.7 Å². The van der Waals surface area contributed by atoms with E-state index in [1.54, 1.807) is 0 Å². The number of carbonyl (C=O) groups is 1. The molecule has 0 fully saturated rings. The minimum absolute atomic E-state index is 0.146. The summed E-state index contributed by atoms with van der Waals surface area (Å²) >= 11 is 0. The lowest BCUT2D eigenvalue weighted by Crippen LogP contribution is -2.03. The largest absolute Gasteiger partial charge is 0.465 e. The Kier molecular flexibility index (Phi) is 19.3. The van der Waals surface area contributed by atoms with E-state index in [1.807, 2.05) is 19.1 Å². The van der Waals surface area contributed by atoms with E-state index in [0.717, 1.165) is 44.9 Å². The molecule has 2 heteroatoms. The Labute approximate surface area is 160 Å². The van der Waals surface area contributed by atoms with E-state index in [9.17, 15) is 4.79 Å². The minimum atomic E-state index is -0.146. The Balaban J connectivity index is 3.56. The molecular formula is C24H36O2. The van der Waals surface area contributed by atoms with Gasteiger partial charge in [-0.2, -0.15) is 0 Å². The molecule has 2 nitrogen and oxygen atoms in total. The quantitative estimate of drug-likeness (QED) is 0.232. The third-order valence-corrected chi connectivity index (χ3v) is 3.35. The first-order chi connectivity index (χ1) is 12.8. The smallest absolute Gasteiger partial charge is 0.309 e. The molecule has 0 aromatic heterocycles. The molecular weight excluding hydrogens is 320 g/mol.